The smallest absolute Gasteiger partial charge is 0.323 e. The van der Waals surface area contributed by atoms with Crippen LogP contribution in [0.4, 0.5) is 10.5 Å². The molecule has 2 N–H and O–H groups in total. The van der Waals surface area contributed by atoms with Crippen molar-refractivity contribution < 1.29 is 14.7 Å². The van der Waals surface area contributed by atoms with Crippen LogP contribution in [-0.4, -0.2) is 34.6 Å². The van der Waals surface area contributed by atoms with Gasteiger partial charge in [-0.2, -0.15) is 0 Å². The van der Waals surface area contributed by atoms with Gasteiger partial charge in [-0.25, -0.2) is 4.79 Å². The fourth-order valence-electron chi connectivity index (χ4n) is 1.72. The number of carbonyl (C=O) groups excluding carboxylic acids is 1. The maximum absolute atomic E-state index is 12.2. The minimum absolute atomic E-state index is 0.208. The maximum Gasteiger partial charge on any atom is 0.323 e. The molecule has 0 saturated carbocycles. The molecule has 1 rings (SSSR count). The second-order valence-corrected chi connectivity index (χ2v) is 5.60. The molecule has 0 fully saturated rings. The second-order valence-electron chi connectivity index (χ2n) is 4.79. The van der Waals surface area contributed by atoms with Gasteiger partial charge in [-0.1, -0.05) is 30.1 Å². The van der Waals surface area contributed by atoms with Crippen LogP contribution >= 0.6 is 23.2 Å². The molecule has 1 aromatic rings. The van der Waals surface area contributed by atoms with E-state index in [0.29, 0.717) is 22.2 Å². The van der Waals surface area contributed by atoms with Gasteiger partial charge in [0.25, 0.3) is 0 Å². The number of nitrogens with one attached hydrogen (secondary N) is 1. The van der Waals surface area contributed by atoms with Crippen LogP contribution in [-0.2, 0) is 4.79 Å². The highest BCUT2D eigenvalue weighted by Crippen LogP contribution is 2.29. The van der Waals surface area contributed by atoms with E-state index >= 15 is 0 Å². The Hall–Kier alpha value is -1.46. The number of hydrogen-bond acceptors (Lipinski definition) is 2. The molecule has 0 radical (unpaired) electrons. The topological polar surface area (TPSA) is 69.6 Å². The molecule has 0 aliphatic heterocycles. The van der Waals surface area contributed by atoms with Gasteiger partial charge in [0.2, 0.25) is 0 Å². The Bertz CT molecular complexity index is 549. The zero-order valence-electron chi connectivity index (χ0n) is 12.1. The van der Waals surface area contributed by atoms with E-state index in [2.05, 4.69) is 5.32 Å². The predicted molar refractivity (Wildman–Crippen MR) is 84.3 cm³/mol. The van der Waals surface area contributed by atoms with Crippen LogP contribution in [0.2, 0.25) is 10.0 Å². The van der Waals surface area contributed by atoms with E-state index in [1.807, 2.05) is 6.92 Å². The molecule has 0 bridgehead atoms. The Labute approximate surface area is 133 Å². The first-order chi connectivity index (χ1) is 9.76. The number of anilines is 1. The average molecular weight is 333 g/mol. The standard InChI is InChI=1S/C14H18Cl2N2O3/c1-4-9(3)18(7-13(19)20)14(21)17-12-6-10(15)8(2)5-11(12)16/h5-6,9H,4,7H2,1-3H3,(H,17,21)(H,19,20). The summed E-state index contributed by atoms with van der Waals surface area (Å²) in [5.41, 5.74) is 1.15. The molecule has 0 aliphatic rings. The number of aryl methyl sites for hydroxylation is 1. The summed E-state index contributed by atoms with van der Waals surface area (Å²) < 4.78 is 0. The van der Waals surface area contributed by atoms with E-state index in [4.69, 9.17) is 28.3 Å². The summed E-state index contributed by atoms with van der Waals surface area (Å²) in [6.07, 6.45) is 0.642. The van der Waals surface area contributed by atoms with Crippen LogP contribution < -0.4 is 5.32 Å². The summed E-state index contributed by atoms with van der Waals surface area (Å²) in [5, 5.41) is 12.3. The summed E-state index contributed by atoms with van der Waals surface area (Å²) in [7, 11) is 0. The van der Waals surface area contributed by atoms with Crippen molar-refractivity contribution in [1.82, 2.24) is 4.90 Å². The number of carboxylic acid groups (broad SMARTS) is 1. The SMILES string of the molecule is CCC(C)N(CC(=O)O)C(=O)Nc1cc(Cl)c(C)cc1Cl. The van der Waals surface area contributed by atoms with Gasteiger partial charge in [-0.3, -0.25) is 4.79 Å². The van der Waals surface area contributed by atoms with E-state index in [1.54, 1.807) is 26.0 Å². The first kappa shape index (κ1) is 17.6. The summed E-state index contributed by atoms with van der Waals surface area (Å²) in [4.78, 5) is 24.4. The van der Waals surface area contributed by atoms with Crippen molar-refractivity contribution in [3.63, 3.8) is 0 Å². The average Bonchev–Trinajstić information content (AvgIpc) is 2.41. The van der Waals surface area contributed by atoms with Crippen LogP contribution in [0.1, 0.15) is 25.8 Å². The van der Waals surface area contributed by atoms with Crippen molar-refractivity contribution in [2.24, 2.45) is 0 Å². The molecular formula is C14H18Cl2N2O3. The van der Waals surface area contributed by atoms with E-state index in [-0.39, 0.29) is 12.6 Å². The van der Waals surface area contributed by atoms with E-state index in [0.717, 1.165) is 5.56 Å². The van der Waals surface area contributed by atoms with Crippen LogP contribution in [0, 0.1) is 6.92 Å². The van der Waals surface area contributed by atoms with Gasteiger partial charge in [0.15, 0.2) is 0 Å². The molecule has 1 atom stereocenters. The number of aliphatic carboxylic acids is 1. The number of carbonyl (C=O) groups is 2. The first-order valence-corrected chi connectivity index (χ1v) is 7.26. The lowest BCUT2D eigenvalue weighted by atomic mass is 10.2. The van der Waals surface area contributed by atoms with Gasteiger partial charge in [-0.15, -0.1) is 0 Å². The van der Waals surface area contributed by atoms with Crippen molar-refractivity contribution in [3.05, 3.63) is 27.7 Å². The molecule has 2 amide bonds. The molecule has 116 valence electrons. The Kier molecular flexibility index (Phi) is 6.30. The summed E-state index contributed by atoms with van der Waals surface area (Å²) in [6.45, 7) is 5.09. The van der Waals surface area contributed by atoms with Gasteiger partial charge in [0.05, 0.1) is 10.7 Å². The van der Waals surface area contributed by atoms with Crippen molar-refractivity contribution in [2.45, 2.75) is 33.2 Å². The third kappa shape index (κ3) is 4.79. The zero-order chi connectivity index (χ0) is 16.2. The van der Waals surface area contributed by atoms with Crippen LogP contribution in [0.5, 0.6) is 0 Å². The van der Waals surface area contributed by atoms with Gasteiger partial charge < -0.3 is 15.3 Å². The Morgan fingerprint density at radius 2 is 1.95 bits per heavy atom. The molecule has 21 heavy (non-hydrogen) atoms. The third-order valence-electron chi connectivity index (χ3n) is 3.18. The lowest BCUT2D eigenvalue weighted by molar-refractivity contribution is -0.138. The summed E-state index contributed by atoms with van der Waals surface area (Å²) >= 11 is 12.1. The van der Waals surface area contributed by atoms with Crippen LogP contribution in [0.15, 0.2) is 12.1 Å². The third-order valence-corrected chi connectivity index (χ3v) is 3.90. The first-order valence-electron chi connectivity index (χ1n) is 6.51. The van der Waals surface area contributed by atoms with Crippen molar-refractivity contribution in [2.75, 3.05) is 11.9 Å². The van der Waals surface area contributed by atoms with E-state index in [1.165, 1.54) is 4.90 Å². The van der Waals surface area contributed by atoms with Gasteiger partial charge in [0.1, 0.15) is 6.54 Å². The number of nitrogens with zero attached hydrogens (tertiary/aromatic N) is 1. The van der Waals surface area contributed by atoms with E-state index in [9.17, 15) is 9.59 Å². The fourth-order valence-corrected chi connectivity index (χ4v) is 2.15. The van der Waals surface area contributed by atoms with Crippen molar-refractivity contribution in [3.8, 4) is 0 Å². The maximum atomic E-state index is 12.2. The van der Waals surface area contributed by atoms with Crippen molar-refractivity contribution in [1.29, 1.82) is 0 Å². The molecule has 5 nitrogen and oxygen atoms in total. The Balaban J connectivity index is 2.96. The minimum Gasteiger partial charge on any atom is -0.480 e. The quantitative estimate of drug-likeness (QED) is 0.855. The van der Waals surface area contributed by atoms with Crippen LogP contribution in [0.3, 0.4) is 0 Å². The van der Waals surface area contributed by atoms with Gasteiger partial charge >= 0.3 is 12.0 Å². The summed E-state index contributed by atoms with van der Waals surface area (Å²) in [6, 6.07) is 2.46. The van der Waals surface area contributed by atoms with Gasteiger partial charge in [-0.05, 0) is 38.0 Å². The molecular weight excluding hydrogens is 315 g/mol. The van der Waals surface area contributed by atoms with Gasteiger partial charge in [0, 0.05) is 11.1 Å². The van der Waals surface area contributed by atoms with Crippen molar-refractivity contribution >= 4 is 40.9 Å². The molecule has 0 saturated heterocycles. The number of benzene rings is 1. The normalized spacial score (nSPS) is 11.9. The monoisotopic (exact) mass is 332 g/mol. The highest BCUT2D eigenvalue weighted by atomic mass is 35.5. The van der Waals surface area contributed by atoms with E-state index < -0.39 is 12.0 Å². The number of amides is 2. The highest BCUT2D eigenvalue weighted by molar-refractivity contribution is 6.36. The summed E-state index contributed by atoms with van der Waals surface area (Å²) in [5.74, 6) is -1.07. The minimum atomic E-state index is -1.07. The Morgan fingerprint density at radius 3 is 2.48 bits per heavy atom. The lowest BCUT2D eigenvalue weighted by Gasteiger charge is -2.27. The number of hydrogen-bond donors (Lipinski definition) is 2. The largest absolute Gasteiger partial charge is 0.480 e. The van der Waals surface area contributed by atoms with Crippen LogP contribution in [0.25, 0.3) is 0 Å². The number of rotatable bonds is 5. The zero-order valence-corrected chi connectivity index (χ0v) is 13.6. The molecule has 7 heteroatoms. The molecule has 0 aliphatic carbocycles. The second kappa shape index (κ2) is 7.52. The molecule has 0 spiro atoms. The number of carboxylic acids is 1. The predicted octanol–water partition coefficient (Wildman–Crippen LogP) is 4.02. The Morgan fingerprint density at radius 1 is 1.33 bits per heavy atom. The number of urea groups is 1. The number of halogens is 2. The lowest BCUT2D eigenvalue weighted by Crippen LogP contribution is -2.44. The highest BCUT2D eigenvalue weighted by Gasteiger charge is 2.22. The fraction of sp³-hybridized carbons (Fsp3) is 0.429. The molecule has 0 heterocycles. The molecule has 1 unspecified atom stereocenters. The molecule has 1 aromatic carbocycles. The molecule has 0 aromatic heterocycles.